The maximum absolute atomic E-state index is 12.5. The third-order valence-corrected chi connectivity index (χ3v) is 5.66. The Morgan fingerprint density at radius 3 is 2.64 bits per heavy atom. The molecule has 1 saturated heterocycles. The number of nitrogens with zero attached hydrogens (tertiary/aromatic N) is 1. The molecule has 2 heterocycles. The van der Waals surface area contributed by atoms with E-state index in [0.717, 1.165) is 22.7 Å². The summed E-state index contributed by atoms with van der Waals surface area (Å²) >= 11 is 1.66. The molecule has 0 spiro atoms. The largest absolute Gasteiger partial charge is 0.381 e. The number of hydrogen-bond acceptors (Lipinski definition) is 5. The van der Waals surface area contributed by atoms with Gasteiger partial charge in [0.15, 0.2) is 0 Å². The Morgan fingerprint density at radius 2 is 2.04 bits per heavy atom. The molecule has 0 saturated carbocycles. The summed E-state index contributed by atoms with van der Waals surface area (Å²) in [5.41, 5.74) is 8.77. The molecule has 0 radical (unpaired) electrons. The molecule has 1 aliphatic rings. The number of nitrogens with two attached hydrogens (primary N) is 1. The number of ether oxygens (including phenoxy) is 1. The highest BCUT2D eigenvalue weighted by Crippen LogP contribution is 2.29. The Hall–Kier alpha value is -1.76. The Balaban J connectivity index is 1.52. The topological polar surface area (TPSA) is 77.2 Å². The fraction of sp³-hybridized carbons (Fsp3) is 0.474. The number of thiazole rings is 1. The molecule has 5 nitrogen and oxygen atoms in total. The van der Waals surface area contributed by atoms with Crippen LogP contribution in [0.1, 0.15) is 23.4 Å². The second kappa shape index (κ2) is 8.08. The van der Waals surface area contributed by atoms with E-state index in [0.29, 0.717) is 39.1 Å². The van der Waals surface area contributed by atoms with Crippen molar-refractivity contribution in [3.05, 3.63) is 40.2 Å². The average molecular weight is 359 g/mol. The first-order valence-corrected chi connectivity index (χ1v) is 9.58. The van der Waals surface area contributed by atoms with Gasteiger partial charge in [0.1, 0.15) is 0 Å². The molecular weight excluding hydrogens is 334 g/mol. The lowest BCUT2D eigenvalue weighted by Gasteiger charge is -2.34. The van der Waals surface area contributed by atoms with Gasteiger partial charge in [-0.05, 0) is 31.7 Å². The van der Waals surface area contributed by atoms with E-state index in [1.807, 2.05) is 6.92 Å². The van der Waals surface area contributed by atoms with Gasteiger partial charge in [-0.2, -0.15) is 0 Å². The van der Waals surface area contributed by atoms with E-state index in [1.54, 1.807) is 11.3 Å². The van der Waals surface area contributed by atoms with E-state index in [2.05, 4.69) is 39.9 Å². The lowest BCUT2D eigenvalue weighted by Crippen LogP contribution is -2.49. The molecule has 1 aliphatic heterocycles. The fourth-order valence-electron chi connectivity index (χ4n) is 3.13. The summed E-state index contributed by atoms with van der Waals surface area (Å²) in [6.45, 7) is 4.24. The van der Waals surface area contributed by atoms with Crippen LogP contribution >= 0.6 is 11.3 Å². The fourth-order valence-corrected chi connectivity index (χ4v) is 3.75. The van der Waals surface area contributed by atoms with Crippen molar-refractivity contribution in [2.45, 2.75) is 26.2 Å². The van der Waals surface area contributed by atoms with Crippen molar-refractivity contribution in [3.8, 4) is 11.3 Å². The van der Waals surface area contributed by atoms with Crippen molar-refractivity contribution in [1.82, 2.24) is 10.3 Å². The third-order valence-electron chi connectivity index (χ3n) is 4.89. The molecule has 25 heavy (non-hydrogen) atoms. The van der Waals surface area contributed by atoms with Crippen molar-refractivity contribution in [1.29, 1.82) is 0 Å². The van der Waals surface area contributed by atoms with Crippen LogP contribution in [0.4, 0.5) is 0 Å². The number of rotatable bonds is 6. The maximum atomic E-state index is 12.5. The minimum Gasteiger partial charge on any atom is -0.381 e. The zero-order chi connectivity index (χ0) is 17.7. The molecule has 1 amide bonds. The van der Waals surface area contributed by atoms with Gasteiger partial charge in [0, 0.05) is 37.2 Å². The normalized spacial score (nSPS) is 16.6. The summed E-state index contributed by atoms with van der Waals surface area (Å²) < 4.78 is 5.36. The van der Waals surface area contributed by atoms with Gasteiger partial charge in [-0.1, -0.05) is 24.3 Å². The van der Waals surface area contributed by atoms with E-state index in [-0.39, 0.29) is 5.91 Å². The van der Waals surface area contributed by atoms with E-state index in [9.17, 15) is 4.79 Å². The number of nitrogens with one attached hydrogen (secondary N) is 1. The quantitative estimate of drug-likeness (QED) is 0.831. The minimum atomic E-state index is -0.454. The molecule has 2 aromatic rings. The van der Waals surface area contributed by atoms with Gasteiger partial charge in [-0.3, -0.25) is 4.79 Å². The van der Waals surface area contributed by atoms with Crippen LogP contribution in [0.3, 0.4) is 0 Å². The van der Waals surface area contributed by atoms with E-state index in [4.69, 9.17) is 10.5 Å². The number of aromatic nitrogens is 1. The van der Waals surface area contributed by atoms with Crippen molar-refractivity contribution in [2.24, 2.45) is 11.1 Å². The summed E-state index contributed by atoms with van der Waals surface area (Å²) in [5.74, 6) is 0.0628. The predicted octanol–water partition coefficient (Wildman–Crippen LogP) is 2.53. The number of hydrogen-bond donors (Lipinski definition) is 2. The third kappa shape index (κ3) is 4.26. The molecule has 0 atom stereocenters. The number of carbonyl (C=O) groups excluding carboxylic acids is 1. The molecular formula is C19H25N3O2S. The lowest BCUT2D eigenvalue weighted by atomic mass is 9.79. The summed E-state index contributed by atoms with van der Waals surface area (Å²) in [6.07, 6.45) is 2.22. The Bertz CT molecular complexity index is 706. The van der Waals surface area contributed by atoms with Crippen molar-refractivity contribution >= 4 is 17.2 Å². The van der Waals surface area contributed by atoms with Gasteiger partial charge in [0.25, 0.3) is 0 Å². The van der Waals surface area contributed by atoms with Crippen molar-refractivity contribution in [2.75, 3.05) is 26.3 Å². The molecule has 3 N–H and O–H groups in total. The van der Waals surface area contributed by atoms with Crippen molar-refractivity contribution in [3.63, 3.8) is 0 Å². The van der Waals surface area contributed by atoms with Crippen LogP contribution < -0.4 is 11.1 Å². The van der Waals surface area contributed by atoms with Crippen molar-refractivity contribution < 1.29 is 9.53 Å². The minimum absolute atomic E-state index is 0.0628. The van der Waals surface area contributed by atoms with Gasteiger partial charge >= 0.3 is 0 Å². The summed E-state index contributed by atoms with van der Waals surface area (Å²) in [7, 11) is 0. The Morgan fingerprint density at radius 1 is 1.32 bits per heavy atom. The molecule has 0 aliphatic carbocycles. The summed E-state index contributed by atoms with van der Waals surface area (Å²) in [5, 5.41) is 6.20. The van der Waals surface area contributed by atoms with Crippen LogP contribution in [-0.2, 0) is 16.0 Å². The first kappa shape index (κ1) is 18.0. The lowest BCUT2D eigenvalue weighted by molar-refractivity contribution is -0.135. The van der Waals surface area contributed by atoms with Crippen LogP contribution in [0, 0.1) is 12.3 Å². The molecule has 0 unspecified atom stereocenters. The summed E-state index contributed by atoms with van der Waals surface area (Å²) in [4.78, 5) is 17.0. The molecule has 0 bridgehead atoms. The standard InChI is InChI=1S/C19H25N3O2S/c1-14-22-17(12-25-14)16-4-2-15(3-5-16)6-9-21-18(23)19(13-20)7-10-24-11-8-19/h2-5,12H,6-11,13,20H2,1H3,(H,21,23). The number of aryl methyl sites for hydroxylation is 1. The molecule has 134 valence electrons. The van der Waals surface area contributed by atoms with Crippen LogP contribution in [0.2, 0.25) is 0 Å². The van der Waals surface area contributed by atoms with E-state index >= 15 is 0 Å². The highest BCUT2D eigenvalue weighted by Gasteiger charge is 2.38. The SMILES string of the molecule is Cc1nc(-c2ccc(CCNC(=O)C3(CN)CCOCC3)cc2)cs1. The van der Waals surface area contributed by atoms with E-state index < -0.39 is 5.41 Å². The molecule has 6 heteroatoms. The Kier molecular flexibility index (Phi) is 5.83. The predicted molar refractivity (Wildman–Crippen MR) is 101 cm³/mol. The van der Waals surface area contributed by atoms with E-state index in [1.165, 1.54) is 5.56 Å². The molecule has 1 fully saturated rings. The second-order valence-electron chi connectivity index (χ2n) is 6.55. The van der Waals surface area contributed by atoms with Gasteiger partial charge in [-0.15, -0.1) is 11.3 Å². The summed E-state index contributed by atoms with van der Waals surface area (Å²) in [6, 6.07) is 8.38. The van der Waals surface area contributed by atoms with Crippen LogP contribution in [0.5, 0.6) is 0 Å². The number of carbonyl (C=O) groups is 1. The first-order valence-electron chi connectivity index (χ1n) is 8.70. The van der Waals surface area contributed by atoms with Gasteiger partial charge in [-0.25, -0.2) is 4.98 Å². The molecule has 3 rings (SSSR count). The highest BCUT2D eigenvalue weighted by molar-refractivity contribution is 7.09. The van der Waals surface area contributed by atoms with Crippen LogP contribution in [-0.4, -0.2) is 37.2 Å². The smallest absolute Gasteiger partial charge is 0.227 e. The highest BCUT2D eigenvalue weighted by atomic mass is 32.1. The second-order valence-corrected chi connectivity index (χ2v) is 7.61. The average Bonchev–Trinajstić information content (AvgIpc) is 3.09. The van der Waals surface area contributed by atoms with Gasteiger partial charge < -0.3 is 15.8 Å². The maximum Gasteiger partial charge on any atom is 0.227 e. The zero-order valence-corrected chi connectivity index (χ0v) is 15.4. The Labute approximate surface area is 152 Å². The first-order chi connectivity index (χ1) is 12.1. The molecule has 1 aromatic carbocycles. The van der Waals surface area contributed by atoms with Crippen LogP contribution in [0.25, 0.3) is 11.3 Å². The number of benzene rings is 1. The van der Waals surface area contributed by atoms with Gasteiger partial charge in [0.05, 0.1) is 16.1 Å². The van der Waals surface area contributed by atoms with Gasteiger partial charge in [0.2, 0.25) is 5.91 Å². The monoisotopic (exact) mass is 359 g/mol. The molecule has 1 aromatic heterocycles. The zero-order valence-electron chi connectivity index (χ0n) is 14.6. The number of amides is 1. The van der Waals surface area contributed by atoms with Crippen LogP contribution in [0.15, 0.2) is 29.6 Å².